The third-order valence-corrected chi connectivity index (χ3v) is 3.32. The minimum Gasteiger partial charge on any atom is -0.395 e. The monoisotopic (exact) mass is 287 g/mol. The van der Waals surface area contributed by atoms with Crippen molar-refractivity contribution >= 4 is 22.6 Å². The van der Waals surface area contributed by atoms with Crippen molar-refractivity contribution in [1.82, 2.24) is 9.88 Å². The fourth-order valence-corrected chi connectivity index (χ4v) is 2.33. The largest absolute Gasteiger partial charge is 0.395 e. The molecule has 21 heavy (non-hydrogen) atoms. The van der Waals surface area contributed by atoms with E-state index in [-0.39, 0.29) is 18.7 Å². The summed E-state index contributed by atoms with van der Waals surface area (Å²) in [5.41, 5.74) is 2.52. The van der Waals surface area contributed by atoms with Gasteiger partial charge in [-0.05, 0) is 44.5 Å². The van der Waals surface area contributed by atoms with Crippen molar-refractivity contribution in [1.29, 1.82) is 0 Å². The van der Waals surface area contributed by atoms with E-state index in [1.807, 2.05) is 45.0 Å². The summed E-state index contributed by atoms with van der Waals surface area (Å²) in [4.78, 5) is 18.3. The maximum absolute atomic E-state index is 12.4. The van der Waals surface area contributed by atoms with E-state index in [9.17, 15) is 4.79 Å². The van der Waals surface area contributed by atoms with Gasteiger partial charge in [0.25, 0.3) is 0 Å². The number of aromatic nitrogens is 1. The first-order valence-electron chi connectivity index (χ1n) is 7.06. The summed E-state index contributed by atoms with van der Waals surface area (Å²) in [7, 11) is 0. The van der Waals surface area contributed by atoms with E-state index >= 15 is 0 Å². The average molecular weight is 287 g/mol. The molecule has 0 radical (unpaired) electrons. The fourth-order valence-electron chi connectivity index (χ4n) is 2.33. The lowest BCUT2D eigenvalue weighted by Crippen LogP contribution is -2.41. The summed E-state index contributed by atoms with van der Waals surface area (Å²) in [6.45, 7) is 6.07. The summed E-state index contributed by atoms with van der Waals surface area (Å²) in [6.07, 6.45) is 1.71. The van der Waals surface area contributed by atoms with Crippen molar-refractivity contribution < 1.29 is 9.90 Å². The Bertz CT molecular complexity index is 640. The lowest BCUT2D eigenvalue weighted by atomic mass is 10.1. The molecule has 0 aliphatic carbocycles. The van der Waals surface area contributed by atoms with Crippen LogP contribution in [0.1, 0.15) is 19.4 Å². The number of aliphatic hydroxyl groups is 1. The van der Waals surface area contributed by atoms with Crippen molar-refractivity contribution in [2.75, 3.05) is 18.5 Å². The van der Waals surface area contributed by atoms with Crippen LogP contribution in [-0.4, -0.2) is 40.2 Å². The van der Waals surface area contributed by atoms with Crippen LogP contribution in [0.25, 0.3) is 10.9 Å². The van der Waals surface area contributed by atoms with Crippen LogP contribution < -0.4 is 5.32 Å². The summed E-state index contributed by atoms with van der Waals surface area (Å²) in [6, 6.07) is 7.58. The Balaban J connectivity index is 2.32. The SMILES string of the molecule is Cc1cc(NC(=O)N(CCO)C(C)C)c2ncccc2c1. The zero-order valence-corrected chi connectivity index (χ0v) is 12.6. The number of amides is 2. The number of anilines is 1. The molecule has 2 amide bonds. The first-order valence-corrected chi connectivity index (χ1v) is 7.06. The number of nitrogens with zero attached hydrogens (tertiary/aromatic N) is 2. The van der Waals surface area contributed by atoms with Crippen molar-refractivity contribution in [3.63, 3.8) is 0 Å². The predicted molar refractivity (Wildman–Crippen MR) is 84.4 cm³/mol. The highest BCUT2D eigenvalue weighted by atomic mass is 16.3. The number of nitrogens with one attached hydrogen (secondary N) is 1. The van der Waals surface area contributed by atoms with Gasteiger partial charge in [-0.25, -0.2) is 4.79 Å². The Morgan fingerprint density at radius 1 is 1.43 bits per heavy atom. The number of carbonyl (C=O) groups excluding carboxylic acids is 1. The van der Waals surface area contributed by atoms with Crippen LogP contribution in [0.5, 0.6) is 0 Å². The Labute approximate surface area is 124 Å². The number of urea groups is 1. The number of hydrogen-bond acceptors (Lipinski definition) is 3. The third-order valence-electron chi connectivity index (χ3n) is 3.32. The van der Waals surface area contributed by atoms with Gasteiger partial charge in [-0.15, -0.1) is 0 Å². The van der Waals surface area contributed by atoms with Gasteiger partial charge in [-0.1, -0.05) is 6.07 Å². The highest BCUT2D eigenvalue weighted by Gasteiger charge is 2.17. The second kappa shape index (κ2) is 6.54. The fraction of sp³-hybridized carbons (Fsp3) is 0.375. The number of hydrogen-bond donors (Lipinski definition) is 2. The molecule has 0 bridgehead atoms. The molecule has 112 valence electrons. The molecular formula is C16H21N3O2. The summed E-state index contributed by atoms with van der Waals surface area (Å²) < 4.78 is 0. The van der Waals surface area contributed by atoms with Crippen LogP contribution >= 0.6 is 0 Å². The van der Waals surface area contributed by atoms with Crippen molar-refractivity contribution in [3.05, 3.63) is 36.0 Å². The summed E-state index contributed by atoms with van der Waals surface area (Å²) in [5, 5.41) is 13.0. The Morgan fingerprint density at radius 3 is 2.86 bits per heavy atom. The minimum atomic E-state index is -0.225. The van der Waals surface area contributed by atoms with E-state index in [1.165, 1.54) is 0 Å². The molecule has 0 aliphatic rings. The van der Waals surface area contributed by atoms with Crippen LogP contribution in [0, 0.1) is 6.92 Å². The smallest absolute Gasteiger partial charge is 0.322 e. The number of aryl methyl sites for hydroxylation is 1. The molecular weight excluding hydrogens is 266 g/mol. The summed E-state index contributed by atoms with van der Waals surface area (Å²) in [5.74, 6) is 0. The molecule has 0 fully saturated rings. The van der Waals surface area contributed by atoms with Gasteiger partial charge in [0.1, 0.15) is 0 Å². The highest BCUT2D eigenvalue weighted by Crippen LogP contribution is 2.23. The van der Waals surface area contributed by atoms with Crippen molar-refractivity contribution in [2.24, 2.45) is 0 Å². The second-order valence-corrected chi connectivity index (χ2v) is 5.33. The Morgan fingerprint density at radius 2 is 2.19 bits per heavy atom. The molecule has 1 aromatic carbocycles. The number of pyridine rings is 1. The van der Waals surface area contributed by atoms with E-state index in [0.29, 0.717) is 12.2 Å². The van der Waals surface area contributed by atoms with Crippen molar-refractivity contribution in [3.8, 4) is 0 Å². The quantitative estimate of drug-likeness (QED) is 0.908. The van der Waals surface area contributed by atoms with Gasteiger partial charge in [0.15, 0.2) is 0 Å². The molecule has 1 heterocycles. The predicted octanol–water partition coefficient (Wildman–Crippen LogP) is 2.78. The Hall–Kier alpha value is -2.14. The summed E-state index contributed by atoms with van der Waals surface area (Å²) >= 11 is 0. The Kier molecular flexibility index (Phi) is 4.75. The molecule has 2 rings (SSSR count). The van der Waals surface area contributed by atoms with Gasteiger partial charge in [-0.2, -0.15) is 0 Å². The molecule has 0 spiro atoms. The molecule has 0 aliphatic heterocycles. The van der Waals surface area contributed by atoms with E-state index in [4.69, 9.17) is 5.11 Å². The molecule has 2 aromatic rings. The highest BCUT2D eigenvalue weighted by molar-refractivity contribution is 6.00. The average Bonchev–Trinajstić information content (AvgIpc) is 2.44. The van der Waals surface area contributed by atoms with Crippen LogP contribution in [0.4, 0.5) is 10.5 Å². The maximum Gasteiger partial charge on any atom is 0.322 e. The van der Waals surface area contributed by atoms with Gasteiger partial charge in [0.2, 0.25) is 0 Å². The van der Waals surface area contributed by atoms with Gasteiger partial charge < -0.3 is 15.3 Å². The lowest BCUT2D eigenvalue weighted by Gasteiger charge is -2.26. The minimum absolute atomic E-state index is 0.0150. The van der Waals surface area contributed by atoms with Crippen molar-refractivity contribution in [2.45, 2.75) is 26.8 Å². The first kappa shape index (κ1) is 15.3. The zero-order chi connectivity index (χ0) is 15.4. The van der Waals surface area contributed by atoms with Crippen LogP contribution in [0.2, 0.25) is 0 Å². The van der Waals surface area contributed by atoms with Crippen LogP contribution in [-0.2, 0) is 0 Å². The van der Waals surface area contributed by atoms with Gasteiger partial charge in [-0.3, -0.25) is 4.98 Å². The van der Waals surface area contributed by atoms with E-state index < -0.39 is 0 Å². The molecule has 0 saturated heterocycles. The topological polar surface area (TPSA) is 65.5 Å². The van der Waals surface area contributed by atoms with E-state index in [0.717, 1.165) is 16.5 Å². The number of rotatable bonds is 4. The van der Waals surface area contributed by atoms with Gasteiger partial charge in [0.05, 0.1) is 17.8 Å². The maximum atomic E-state index is 12.4. The van der Waals surface area contributed by atoms with E-state index in [2.05, 4.69) is 10.3 Å². The van der Waals surface area contributed by atoms with Gasteiger partial charge in [0, 0.05) is 24.2 Å². The number of aliphatic hydroxyl groups excluding tert-OH is 1. The molecule has 1 aromatic heterocycles. The standard InChI is InChI=1S/C16H21N3O2/c1-11(2)19(7-8-20)16(21)18-14-10-12(3)9-13-5-4-6-17-15(13)14/h4-6,9-11,20H,7-8H2,1-3H3,(H,18,21). The zero-order valence-electron chi connectivity index (χ0n) is 12.6. The first-order chi connectivity index (χ1) is 10.0. The molecule has 2 N–H and O–H groups in total. The van der Waals surface area contributed by atoms with Crippen LogP contribution in [0.3, 0.4) is 0 Å². The van der Waals surface area contributed by atoms with E-state index in [1.54, 1.807) is 11.1 Å². The third kappa shape index (κ3) is 3.49. The molecule has 5 heteroatoms. The number of fused-ring (bicyclic) bond motifs is 1. The second-order valence-electron chi connectivity index (χ2n) is 5.33. The normalized spacial score (nSPS) is 10.9. The lowest BCUT2D eigenvalue weighted by molar-refractivity contribution is 0.172. The number of carbonyl (C=O) groups is 1. The molecule has 0 atom stereocenters. The molecule has 0 saturated carbocycles. The van der Waals surface area contributed by atoms with Crippen LogP contribution in [0.15, 0.2) is 30.5 Å². The number of benzene rings is 1. The van der Waals surface area contributed by atoms with Gasteiger partial charge >= 0.3 is 6.03 Å². The molecule has 5 nitrogen and oxygen atoms in total. The molecule has 0 unspecified atom stereocenters.